The second-order valence-corrected chi connectivity index (χ2v) is 22.0. The minimum Gasteiger partial charge on any atom is -0.456 e. The first-order valence-electron chi connectivity index (χ1n) is 27.6. The first-order chi connectivity index (χ1) is 37.6. The first-order valence-corrected chi connectivity index (χ1v) is 27.6. The molecule has 6 aliphatic carbocycles. The van der Waals surface area contributed by atoms with Crippen LogP contribution >= 0.6 is 0 Å². The molecule has 0 spiro atoms. The molecule has 5 heterocycles. The molecule has 7 heteroatoms. The van der Waals surface area contributed by atoms with Crippen LogP contribution in [0.5, 0.6) is 0 Å². The number of nitrogens with zero attached hydrogens (tertiary/aromatic N) is 4. The lowest BCUT2D eigenvalue weighted by Crippen LogP contribution is -2.40. The molecule has 4 aliphatic heterocycles. The molecule has 0 bridgehead atoms. The van der Waals surface area contributed by atoms with Gasteiger partial charge in [-0.1, -0.05) is 152 Å². The summed E-state index contributed by atoms with van der Waals surface area (Å²) in [4.78, 5) is 16.0. The number of anilines is 2. The van der Waals surface area contributed by atoms with Gasteiger partial charge in [0.05, 0.1) is 24.3 Å². The second kappa shape index (κ2) is 17.7. The zero-order chi connectivity index (χ0) is 49.8. The fourth-order valence-corrected chi connectivity index (χ4v) is 14.3. The fraction of sp³-hybridized carbons (Fsp3) is 0.217. The van der Waals surface area contributed by atoms with Crippen LogP contribution in [0.3, 0.4) is 0 Å². The summed E-state index contributed by atoms with van der Waals surface area (Å²) in [5, 5.41) is 6.20. The van der Waals surface area contributed by atoms with Crippen LogP contribution in [0.4, 0.5) is 11.4 Å². The maximum absolute atomic E-state index is 7.08. The van der Waals surface area contributed by atoms with Crippen molar-refractivity contribution in [2.45, 2.75) is 81.8 Å². The number of ether oxygens (including phenoxy) is 1. The number of nitrogens with one attached hydrogen (secondary N) is 1. The second-order valence-electron chi connectivity index (χ2n) is 22.0. The van der Waals surface area contributed by atoms with Crippen molar-refractivity contribution in [1.29, 1.82) is 0 Å². The van der Waals surface area contributed by atoms with Crippen LogP contribution in [-0.2, 0) is 4.74 Å². The number of fused-ring (bicyclic) bond motifs is 11. The molecule has 5 aromatic carbocycles. The summed E-state index contributed by atoms with van der Waals surface area (Å²) in [7, 11) is 0. The summed E-state index contributed by atoms with van der Waals surface area (Å²) in [5.74, 6) is 2.18. The Hall–Kier alpha value is -8.26. The maximum atomic E-state index is 7.08. The molecule has 370 valence electrons. The van der Waals surface area contributed by atoms with Crippen LogP contribution < -0.4 is 15.1 Å². The van der Waals surface area contributed by atoms with Gasteiger partial charge in [0.15, 0.2) is 5.84 Å². The lowest BCUT2D eigenvalue weighted by molar-refractivity contribution is 0.0356. The van der Waals surface area contributed by atoms with Crippen molar-refractivity contribution in [2.24, 2.45) is 21.8 Å². The molecular weight excluding hydrogens is 931 g/mol. The number of hydrogen-bond donors (Lipinski definition) is 1. The number of rotatable bonds is 7. The Bertz CT molecular complexity index is 3870. The Morgan fingerprint density at radius 1 is 0.671 bits per heavy atom. The lowest BCUT2D eigenvalue weighted by Gasteiger charge is -2.35. The van der Waals surface area contributed by atoms with Gasteiger partial charge < -0.3 is 24.3 Å². The average molecular weight is 988 g/mol. The number of hydrogen-bond acceptors (Lipinski definition) is 7. The Labute approximate surface area is 443 Å². The minimum atomic E-state index is -0.383. The predicted octanol–water partition coefficient (Wildman–Crippen LogP) is 15.0. The molecule has 6 aromatic rings. The SMILES string of the molecule is C1=CCC2C(=C1)N(c1ccccc1)C1=C2CC2OC3CCC(C4=CC(C5N=C(c6ccccc6)N=C(c6ccccc6)N5)=C(c5ccc6oc7cc8c(cc7c6c5)N(C5C=CC=CC5)C5CC=CC=C85)CC4)=CC3C2=C1. The van der Waals surface area contributed by atoms with E-state index < -0.39 is 0 Å². The van der Waals surface area contributed by atoms with Crippen molar-refractivity contribution in [1.82, 2.24) is 5.32 Å². The van der Waals surface area contributed by atoms with Gasteiger partial charge in [-0.3, -0.25) is 0 Å². The number of para-hydroxylation sites is 1. The Morgan fingerprint density at radius 2 is 1.47 bits per heavy atom. The van der Waals surface area contributed by atoms with Gasteiger partial charge in [0.1, 0.15) is 23.2 Å². The molecule has 1 fully saturated rings. The van der Waals surface area contributed by atoms with E-state index >= 15 is 0 Å². The van der Waals surface area contributed by atoms with Crippen LogP contribution in [0.1, 0.15) is 73.6 Å². The summed E-state index contributed by atoms with van der Waals surface area (Å²) in [5.41, 5.74) is 21.3. The van der Waals surface area contributed by atoms with Crippen LogP contribution in [0.2, 0.25) is 0 Å². The van der Waals surface area contributed by atoms with Crippen LogP contribution in [-0.4, -0.2) is 42.1 Å². The van der Waals surface area contributed by atoms with Crippen molar-refractivity contribution in [3.8, 4) is 0 Å². The summed E-state index contributed by atoms with van der Waals surface area (Å²) in [6, 6.07) is 44.1. The van der Waals surface area contributed by atoms with E-state index in [4.69, 9.17) is 19.1 Å². The van der Waals surface area contributed by atoms with Crippen LogP contribution in [0.25, 0.3) is 33.1 Å². The standard InChI is InChI=1S/C69H57N5O2/c1-5-17-42(18-6-1)67-70-68(43-19-7-2-8-20-43)72-69(71-67)58-36-44(45-30-33-63-54(35-45)56-38-61-52(40-65(56)75-63)50-25-13-15-27-59(50)73(61)47-21-9-3-10-22-47)29-32-49(58)46-31-34-64-55(37-46)57-39-62-53(41-66(57)76-64)51-26-14-16-28-60(51)74(62)48-23-11-4-12-24-48/h1-23,26-27,31,34-39,41,48,50,54,60,63,65,69H,24-25,28-30,32-33,40H2,(H,70,71,72). The van der Waals surface area contributed by atoms with Gasteiger partial charge in [-0.15, -0.1) is 0 Å². The third kappa shape index (κ3) is 7.12. The Balaban J connectivity index is 0.822. The van der Waals surface area contributed by atoms with E-state index in [1.54, 1.807) is 0 Å². The number of aliphatic imine (C=N–C) groups is 2. The highest BCUT2D eigenvalue weighted by Gasteiger charge is 2.48. The van der Waals surface area contributed by atoms with E-state index in [1.165, 1.54) is 72.9 Å². The zero-order valence-electron chi connectivity index (χ0n) is 42.4. The minimum absolute atomic E-state index is 0.111. The van der Waals surface area contributed by atoms with Crippen LogP contribution in [0, 0.1) is 11.8 Å². The molecule has 1 saturated heterocycles. The molecular formula is C69H57N5O2. The molecule has 7 unspecified atom stereocenters. The maximum Gasteiger partial charge on any atom is 0.159 e. The van der Waals surface area contributed by atoms with Crippen molar-refractivity contribution in [3.63, 3.8) is 0 Å². The molecule has 1 aromatic heterocycles. The van der Waals surface area contributed by atoms with Gasteiger partial charge in [0.2, 0.25) is 0 Å². The number of benzene rings is 5. The summed E-state index contributed by atoms with van der Waals surface area (Å²) >= 11 is 0. The number of allylic oxidation sites excluding steroid dienone is 12. The highest BCUT2D eigenvalue weighted by atomic mass is 16.5. The Kier molecular flexibility index (Phi) is 10.3. The molecule has 0 amide bonds. The molecule has 7 atom stereocenters. The van der Waals surface area contributed by atoms with E-state index in [9.17, 15) is 0 Å². The highest BCUT2D eigenvalue weighted by Crippen LogP contribution is 2.54. The molecule has 0 saturated carbocycles. The van der Waals surface area contributed by atoms with E-state index in [1.807, 2.05) is 0 Å². The highest BCUT2D eigenvalue weighted by molar-refractivity contribution is 6.14. The largest absolute Gasteiger partial charge is 0.456 e. The number of amidine groups is 2. The summed E-state index contributed by atoms with van der Waals surface area (Å²) in [6.07, 6.45) is 38.2. The average Bonchev–Trinajstić information content (AvgIpc) is 4.32. The van der Waals surface area contributed by atoms with Gasteiger partial charge in [-0.2, -0.15) is 0 Å². The van der Waals surface area contributed by atoms with Crippen LogP contribution in [0.15, 0.2) is 254 Å². The molecule has 76 heavy (non-hydrogen) atoms. The summed E-state index contributed by atoms with van der Waals surface area (Å²) < 4.78 is 13.9. The first kappa shape index (κ1) is 44.1. The van der Waals surface area contributed by atoms with Crippen molar-refractivity contribution < 1.29 is 9.15 Å². The molecule has 0 radical (unpaired) electrons. The predicted molar refractivity (Wildman–Crippen MR) is 309 cm³/mol. The molecule has 1 N–H and O–H groups in total. The van der Waals surface area contributed by atoms with E-state index in [0.717, 1.165) is 96.1 Å². The van der Waals surface area contributed by atoms with Crippen molar-refractivity contribution >= 4 is 56.1 Å². The smallest absolute Gasteiger partial charge is 0.159 e. The fourth-order valence-electron chi connectivity index (χ4n) is 14.3. The van der Waals surface area contributed by atoms with Gasteiger partial charge in [0.25, 0.3) is 0 Å². The molecule has 10 aliphatic rings. The van der Waals surface area contributed by atoms with Gasteiger partial charge in [-0.05, 0) is 132 Å². The molecule has 7 nitrogen and oxygen atoms in total. The van der Waals surface area contributed by atoms with Crippen molar-refractivity contribution in [2.75, 3.05) is 9.80 Å². The van der Waals surface area contributed by atoms with Gasteiger partial charge >= 0.3 is 0 Å². The van der Waals surface area contributed by atoms with E-state index in [2.05, 4.69) is 215 Å². The third-order valence-electron chi connectivity index (χ3n) is 17.8. The van der Waals surface area contributed by atoms with Crippen molar-refractivity contribution in [3.05, 3.63) is 262 Å². The lowest BCUT2D eigenvalue weighted by atomic mass is 9.76. The zero-order valence-corrected chi connectivity index (χ0v) is 42.4. The molecule has 16 rings (SSSR count). The normalized spacial score (nSPS) is 26.9. The quantitative estimate of drug-likeness (QED) is 0.173. The summed E-state index contributed by atoms with van der Waals surface area (Å²) in [6.45, 7) is 0. The monoisotopic (exact) mass is 987 g/mol. The van der Waals surface area contributed by atoms with Gasteiger partial charge in [0, 0.05) is 74.1 Å². The third-order valence-corrected chi connectivity index (χ3v) is 17.8. The van der Waals surface area contributed by atoms with E-state index in [0.29, 0.717) is 18.0 Å². The topological polar surface area (TPSA) is 65.6 Å². The Morgan fingerprint density at radius 3 is 2.33 bits per heavy atom. The van der Waals surface area contributed by atoms with Gasteiger partial charge in [-0.25, -0.2) is 9.98 Å². The number of furan rings is 1. The van der Waals surface area contributed by atoms with E-state index in [-0.39, 0.29) is 24.3 Å².